The molecule has 0 amide bonds. The van der Waals surface area contributed by atoms with Gasteiger partial charge in [-0.3, -0.25) is 9.59 Å². The minimum absolute atomic E-state index is 0.0341. The van der Waals surface area contributed by atoms with E-state index in [1.165, 1.54) is 38.5 Å². The van der Waals surface area contributed by atoms with Gasteiger partial charge in [0.1, 0.15) is 55.4 Å². The molecule has 2 aliphatic heterocycles. The standard InChI is InChI=1S/C55H90O15/c1-3-5-7-9-11-13-15-17-19-20-21-22-24-26-28-30-32-34-36-38-47(58)68-43(40-65-46(57)37-35-33-31-29-27-25-23-18-16-14-12-10-8-6-4-2)41-66-54-53(64)51(62)49(60)45(70-54)42-67-55-52(63)50(61)48(59)44(39-56)69-55/h5,7,11,13,17-19,21-23,26,28,32,34,43-45,48-56,59-64H,3-4,6,8-10,12,14-16,20,24-25,27,29-31,33,35-42H2,1-2H3/b7-5-,13-11-,19-17-,22-21-,23-18-,28-26-,34-32-. The van der Waals surface area contributed by atoms with Gasteiger partial charge < -0.3 is 64.2 Å². The first-order valence-electron chi connectivity index (χ1n) is 26.2. The van der Waals surface area contributed by atoms with Crippen LogP contribution >= 0.6 is 0 Å². The quantitative estimate of drug-likeness (QED) is 0.0179. The SMILES string of the molecule is CC/C=C\C/C=C\C/C=C\C/C=C\C/C=C\C/C=C\CCC(=O)OC(COC(=O)CCCCCCC/C=C\CCCCCCCC)COC1OC(COC2OC(CO)C(O)C(O)C2O)C(O)C(O)C1O. The molecule has 0 radical (unpaired) electrons. The Morgan fingerprint density at radius 3 is 1.47 bits per heavy atom. The zero-order valence-corrected chi connectivity index (χ0v) is 42.2. The molecule has 2 aliphatic rings. The third-order valence-electron chi connectivity index (χ3n) is 11.9. The molecule has 11 atom stereocenters. The highest BCUT2D eigenvalue weighted by Crippen LogP contribution is 2.26. The summed E-state index contributed by atoms with van der Waals surface area (Å²) in [5.74, 6) is -1.04. The van der Waals surface area contributed by atoms with Crippen LogP contribution in [0.4, 0.5) is 0 Å². The largest absolute Gasteiger partial charge is 0.462 e. The summed E-state index contributed by atoms with van der Waals surface area (Å²) in [7, 11) is 0. The normalized spacial score (nSPS) is 26.1. The highest BCUT2D eigenvalue weighted by atomic mass is 16.7. The summed E-state index contributed by atoms with van der Waals surface area (Å²) in [6, 6.07) is 0. The van der Waals surface area contributed by atoms with Gasteiger partial charge in [0.2, 0.25) is 0 Å². The second kappa shape index (κ2) is 41.2. The molecule has 11 unspecified atom stereocenters. The summed E-state index contributed by atoms with van der Waals surface area (Å²) in [5, 5.41) is 72.1. The van der Waals surface area contributed by atoms with Gasteiger partial charge in [-0.05, 0) is 77.0 Å². The molecular weight excluding hydrogens is 901 g/mol. The molecule has 0 aliphatic carbocycles. The topological polar surface area (TPSA) is 231 Å². The first-order valence-corrected chi connectivity index (χ1v) is 26.2. The number of carbonyl (C=O) groups is 2. The number of hydrogen-bond acceptors (Lipinski definition) is 15. The van der Waals surface area contributed by atoms with Gasteiger partial charge in [0.15, 0.2) is 18.7 Å². The van der Waals surface area contributed by atoms with Crippen molar-refractivity contribution in [2.45, 2.75) is 223 Å². The van der Waals surface area contributed by atoms with Gasteiger partial charge in [-0.25, -0.2) is 0 Å². The fraction of sp³-hybridized carbons (Fsp3) is 0.709. The average molecular weight is 991 g/mol. The molecular formula is C55H90O15. The number of aliphatic hydroxyl groups is 7. The van der Waals surface area contributed by atoms with Crippen molar-refractivity contribution < 1.29 is 73.8 Å². The summed E-state index contributed by atoms with van der Waals surface area (Å²) in [6.07, 6.45) is 33.4. The van der Waals surface area contributed by atoms with Crippen LogP contribution in [0.5, 0.6) is 0 Å². The molecule has 7 N–H and O–H groups in total. The van der Waals surface area contributed by atoms with Crippen molar-refractivity contribution in [3.8, 4) is 0 Å². The predicted molar refractivity (Wildman–Crippen MR) is 270 cm³/mol. The number of ether oxygens (including phenoxy) is 6. The molecule has 0 saturated carbocycles. The average Bonchev–Trinajstić information content (AvgIpc) is 3.35. The van der Waals surface area contributed by atoms with Crippen molar-refractivity contribution in [2.24, 2.45) is 0 Å². The molecule has 2 fully saturated rings. The number of allylic oxidation sites excluding steroid dienone is 14. The van der Waals surface area contributed by atoms with E-state index in [2.05, 4.69) is 86.8 Å². The van der Waals surface area contributed by atoms with Gasteiger partial charge >= 0.3 is 11.9 Å². The van der Waals surface area contributed by atoms with E-state index in [1.807, 2.05) is 12.2 Å². The third kappa shape index (κ3) is 28.7. The Bertz CT molecular complexity index is 1540. The number of rotatable bonds is 39. The Hall–Kier alpha value is -3.32. The molecule has 0 bridgehead atoms. The molecule has 2 saturated heterocycles. The lowest BCUT2D eigenvalue weighted by Crippen LogP contribution is -2.61. The summed E-state index contributed by atoms with van der Waals surface area (Å²) in [4.78, 5) is 25.7. The maximum Gasteiger partial charge on any atom is 0.306 e. The second-order valence-corrected chi connectivity index (χ2v) is 18.0. The van der Waals surface area contributed by atoms with Crippen LogP contribution in [0, 0.1) is 0 Å². The number of hydrogen-bond donors (Lipinski definition) is 7. The molecule has 15 nitrogen and oxygen atoms in total. The fourth-order valence-electron chi connectivity index (χ4n) is 7.59. The summed E-state index contributed by atoms with van der Waals surface area (Å²) < 4.78 is 33.5. The van der Waals surface area contributed by atoms with E-state index in [0.717, 1.165) is 70.6 Å². The zero-order chi connectivity index (χ0) is 51.0. The molecule has 0 aromatic carbocycles. The molecule has 2 heterocycles. The van der Waals surface area contributed by atoms with E-state index in [-0.39, 0.29) is 19.4 Å². The van der Waals surface area contributed by atoms with Crippen LogP contribution in [0.2, 0.25) is 0 Å². The Labute approximate surface area is 418 Å². The lowest BCUT2D eigenvalue weighted by Gasteiger charge is -2.42. The van der Waals surface area contributed by atoms with Crippen LogP contribution in [0.1, 0.15) is 155 Å². The maximum absolute atomic E-state index is 13.0. The third-order valence-corrected chi connectivity index (χ3v) is 11.9. The Morgan fingerprint density at radius 2 is 0.929 bits per heavy atom. The van der Waals surface area contributed by atoms with Crippen molar-refractivity contribution in [1.29, 1.82) is 0 Å². The summed E-state index contributed by atoms with van der Waals surface area (Å²) in [6.45, 7) is 2.37. The summed E-state index contributed by atoms with van der Waals surface area (Å²) >= 11 is 0. The lowest BCUT2D eigenvalue weighted by molar-refractivity contribution is -0.332. The van der Waals surface area contributed by atoms with Crippen LogP contribution in [0.25, 0.3) is 0 Å². The van der Waals surface area contributed by atoms with Crippen molar-refractivity contribution in [3.63, 3.8) is 0 Å². The van der Waals surface area contributed by atoms with Crippen molar-refractivity contribution >= 4 is 11.9 Å². The zero-order valence-electron chi connectivity index (χ0n) is 42.2. The molecule has 0 aromatic rings. The molecule has 15 heteroatoms. The van der Waals surface area contributed by atoms with Crippen molar-refractivity contribution in [1.82, 2.24) is 0 Å². The highest BCUT2D eigenvalue weighted by Gasteiger charge is 2.47. The maximum atomic E-state index is 13.0. The van der Waals surface area contributed by atoms with Gasteiger partial charge in [-0.2, -0.15) is 0 Å². The number of esters is 2. The van der Waals surface area contributed by atoms with Crippen LogP contribution in [-0.2, 0) is 38.0 Å². The summed E-state index contributed by atoms with van der Waals surface area (Å²) in [5.41, 5.74) is 0. The minimum atomic E-state index is -1.78. The lowest BCUT2D eigenvalue weighted by atomic mass is 9.98. The Balaban J connectivity index is 1.85. The van der Waals surface area contributed by atoms with Gasteiger partial charge in [0.05, 0.1) is 19.8 Å². The smallest absolute Gasteiger partial charge is 0.306 e. The van der Waals surface area contributed by atoms with Crippen LogP contribution < -0.4 is 0 Å². The highest BCUT2D eigenvalue weighted by molar-refractivity contribution is 5.70. The van der Waals surface area contributed by atoms with Gasteiger partial charge in [-0.1, -0.05) is 150 Å². The number of aliphatic hydroxyl groups excluding tert-OH is 7. The van der Waals surface area contributed by atoms with Gasteiger partial charge in [0.25, 0.3) is 0 Å². The number of carbonyl (C=O) groups excluding carboxylic acids is 2. The van der Waals surface area contributed by atoms with Crippen molar-refractivity contribution in [3.05, 3.63) is 85.1 Å². The first-order chi connectivity index (χ1) is 34.0. The van der Waals surface area contributed by atoms with Crippen LogP contribution in [-0.4, -0.2) is 142 Å². The van der Waals surface area contributed by atoms with Crippen molar-refractivity contribution in [2.75, 3.05) is 26.4 Å². The second-order valence-electron chi connectivity index (χ2n) is 18.0. The number of unbranched alkanes of at least 4 members (excludes halogenated alkanes) is 11. The molecule has 0 spiro atoms. The molecule has 0 aromatic heterocycles. The van der Waals surface area contributed by atoms with Crippen LogP contribution in [0.15, 0.2) is 85.1 Å². The van der Waals surface area contributed by atoms with Crippen LogP contribution in [0.3, 0.4) is 0 Å². The molecule has 400 valence electrons. The monoisotopic (exact) mass is 991 g/mol. The van der Waals surface area contributed by atoms with Gasteiger partial charge in [-0.15, -0.1) is 0 Å². The van der Waals surface area contributed by atoms with E-state index < -0.39 is 99.3 Å². The van der Waals surface area contributed by atoms with E-state index in [1.54, 1.807) is 0 Å². The van der Waals surface area contributed by atoms with E-state index in [0.29, 0.717) is 19.3 Å². The predicted octanol–water partition coefficient (Wildman–Crippen LogP) is 7.60. The van der Waals surface area contributed by atoms with E-state index in [4.69, 9.17) is 28.4 Å². The fourth-order valence-corrected chi connectivity index (χ4v) is 7.59. The Morgan fingerprint density at radius 1 is 0.471 bits per heavy atom. The van der Waals surface area contributed by atoms with Gasteiger partial charge in [0, 0.05) is 12.8 Å². The molecule has 70 heavy (non-hydrogen) atoms. The molecule has 2 rings (SSSR count). The van der Waals surface area contributed by atoms with E-state index in [9.17, 15) is 45.3 Å². The minimum Gasteiger partial charge on any atom is -0.462 e. The van der Waals surface area contributed by atoms with E-state index >= 15 is 0 Å². The first kappa shape index (κ1) is 62.8. The Kier molecular flexibility index (Phi) is 36.9.